The summed E-state index contributed by atoms with van der Waals surface area (Å²) >= 11 is 6.22. The van der Waals surface area contributed by atoms with Gasteiger partial charge in [-0.2, -0.15) is 0 Å². The highest BCUT2D eigenvalue weighted by molar-refractivity contribution is 6.34. The fraction of sp³-hybridized carbons (Fsp3) is 0.273. The Morgan fingerprint density at radius 3 is 2.93 bits per heavy atom. The summed E-state index contributed by atoms with van der Waals surface area (Å²) in [4.78, 5) is 28.6. The zero-order valence-corrected chi connectivity index (χ0v) is 16.4. The van der Waals surface area contributed by atoms with Crippen molar-refractivity contribution in [2.24, 2.45) is 0 Å². The maximum atomic E-state index is 12.8. The maximum absolute atomic E-state index is 12.8. The maximum Gasteiger partial charge on any atom is 0.249 e. The molecule has 1 unspecified atom stereocenters. The number of ether oxygens (including phenoxy) is 1. The van der Waals surface area contributed by atoms with Gasteiger partial charge in [-0.3, -0.25) is 9.59 Å². The zero-order valence-electron chi connectivity index (χ0n) is 15.6. The van der Waals surface area contributed by atoms with Crippen molar-refractivity contribution in [3.05, 3.63) is 64.7 Å². The van der Waals surface area contributed by atoms with E-state index in [1.165, 1.54) is 11.0 Å². The number of carbonyl (C=O) groups is 2. The lowest BCUT2D eigenvalue weighted by molar-refractivity contribution is -0.132. The Bertz CT molecular complexity index is 957. The predicted octanol–water partition coefficient (Wildman–Crippen LogP) is 3.55. The molecule has 1 fully saturated rings. The Kier molecular flexibility index (Phi) is 5.09. The number of para-hydroxylation sites is 1. The summed E-state index contributed by atoms with van der Waals surface area (Å²) in [5.74, 6) is 0.611. The first kappa shape index (κ1) is 18.6. The molecule has 2 heterocycles. The third kappa shape index (κ3) is 3.50. The predicted molar refractivity (Wildman–Crippen MR) is 110 cm³/mol. The first-order chi connectivity index (χ1) is 13.5. The average molecular weight is 397 g/mol. The van der Waals surface area contributed by atoms with E-state index in [-0.39, 0.29) is 11.8 Å². The van der Waals surface area contributed by atoms with Gasteiger partial charge >= 0.3 is 0 Å². The summed E-state index contributed by atoms with van der Waals surface area (Å²) in [6, 6.07) is 12.7. The van der Waals surface area contributed by atoms with Crippen molar-refractivity contribution in [2.45, 2.75) is 18.9 Å². The topological polar surface area (TPSA) is 49.9 Å². The van der Waals surface area contributed by atoms with E-state index in [9.17, 15) is 9.59 Å². The van der Waals surface area contributed by atoms with Crippen LogP contribution >= 0.6 is 11.6 Å². The minimum atomic E-state index is -0.484. The summed E-state index contributed by atoms with van der Waals surface area (Å²) < 4.78 is 5.50. The van der Waals surface area contributed by atoms with Gasteiger partial charge in [0.2, 0.25) is 11.8 Å². The van der Waals surface area contributed by atoms with Crippen LogP contribution in [0.4, 0.5) is 5.69 Å². The van der Waals surface area contributed by atoms with Crippen LogP contribution in [0.1, 0.15) is 17.5 Å². The molecule has 0 spiro atoms. The molecule has 6 heteroatoms. The molecule has 0 aliphatic carbocycles. The van der Waals surface area contributed by atoms with Crippen LogP contribution in [0.5, 0.6) is 5.75 Å². The summed E-state index contributed by atoms with van der Waals surface area (Å²) in [6.45, 7) is 1.25. The van der Waals surface area contributed by atoms with Gasteiger partial charge in [0.25, 0.3) is 0 Å². The number of benzene rings is 2. The van der Waals surface area contributed by atoms with E-state index in [1.54, 1.807) is 24.1 Å². The van der Waals surface area contributed by atoms with Crippen LogP contribution in [0.15, 0.2) is 48.5 Å². The molecule has 5 nitrogen and oxygen atoms in total. The van der Waals surface area contributed by atoms with Crippen LogP contribution in [0.2, 0.25) is 5.02 Å². The highest BCUT2D eigenvalue weighted by Crippen LogP contribution is 2.30. The molecule has 0 saturated carbocycles. The monoisotopic (exact) mass is 396 g/mol. The van der Waals surface area contributed by atoms with E-state index in [0.717, 1.165) is 23.3 Å². The van der Waals surface area contributed by atoms with Crippen LogP contribution in [0.25, 0.3) is 6.08 Å². The van der Waals surface area contributed by atoms with Gasteiger partial charge in [0, 0.05) is 26.1 Å². The smallest absolute Gasteiger partial charge is 0.249 e. The van der Waals surface area contributed by atoms with Crippen LogP contribution in [-0.2, 0) is 16.0 Å². The number of rotatable bonds is 4. The molecule has 0 N–H and O–H groups in total. The fourth-order valence-corrected chi connectivity index (χ4v) is 3.92. The van der Waals surface area contributed by atoms with Crippen molar-refractivity contribution in [3.63, 3.8) is 0 Å². The second-order valence-corrected chi connectivity index (χ2v) is 7.40. The molecule has 144 valence electrons. The second-order valence-electron chi connectivity index (χ2n) is 6.99. The van der Waals surface area contributed by atoms with Gasteiger partial charge in [0.15, 0.2) is 0 Å². The quantitative estimate of drug-likeness (QED) is 0.742. The zero-order chi connectivity index (χ0) is 19.7. The molecule has 2 aliphatic rings. The summed E-state index contributed by atoms with van der Waals surface area (Å²) in [6.07, 6.45) is 4.77. The standard InChI is InChI=1S/C22H21ClN2O3/c1-24(19-10-12-25(22(19)27)18-5-3-2-4-17(18)23)21(26)9-7-15-6-8-20-16(14-15)11-13-28-20/h2-9,14,19H,10-13H2,1H3/b9-7+. The lowest BCUT2D eigenvalue weighted by Crippen LogP contribution is -2.42. The minimum absolute atomic E-state index is 0.105. The number of amides is 2. The third-order valence-corrected chi connectivity index (χ3v) is 5.59. The van der Waals surface area contributed by atoms with Gasteiger partial charge in [-0.25, -0.2) is 0 Å². The van der Waals surface area contributed by atoms with Crippen LogP contribution in [0.3, 0.4) is 0 Å². The van der Waals surface area contributed by atoms with E-state index in [2.05, 4.69) is 0 Å². The van der Waals surface area contributed by atoms with Gasteiger partial charge in [-0.1, -0.05) is 29.8 Å². The van der Waals surface area contributed by atoms with Crippen molar-refractivity contribution in [1.29, 1.82) is 0 Å². The molecular weight excluding hydrogens is 376 g/mol. The summed E-state index contributed by atoms with van der Waals surface area (Å²) in [7, 11) is 1.67. The van der Waals surface area contributed by atoms with Crippen molar-refractivity contribution >= 4 is 35.2 Å². The lowest BCUT2D eigenvalue weighted by atomic mass is 10.1. The van der Waals surface area contributed by atoms with Crippen molar-refractivity contribution in [2.75, 3.05) is 25.1 Å². The number of halogens is 1. The lowest BCUT2D eigenvalue weighted by Gasteiger charge is -2.23. The van der Waals surface area contributed by atoms with Crippen molar-refractivity contribution in [3.8, 4) is 5.75 Å². The molecule has 2 aromatic rings. The van der Waals surface area contributed by atoms with E-state index >= 15 is 0 Å². The molecule has 0 bridgehead atoms. The highest BCUT2D eigenvalue weighted by atomic mass is 35.5. The summed E-state index contributed by atoms with van der Waals surface area (Å²) in [5.41, 5.74) is 2.79. The first-order valence-corrected chi connectivity index (χ1v) is 9.69. The molecule has 1 atom stereocenters. The SMILES string of the molecule is CN(C(=O)/C=C/c1ccc2c(c1)CCO2)C1CCN(c2ccccc2Cl)C1=O. The molecule has 4 rings (SSSR count). The number of fused-ring (bicyclic) bond motifs is 1. The van der Waals surface area contributed by atoms with Crippen molar-refractivity contribution < 1.29 is 14.3 Å². The number of carbonyl (C=O) groups excluding carboxylic acids is 2. The Labute approximate surface area is 169 Å². The highest BCUT2D eigenvalue weighted by Gasteiger charge is 2.37. The molecule has 0 aromatic heterocycles. The van der Waals surface area contributed by atoms with Gasteiger partial charge in [-0.15, -0.1) is 0 Å². The normalized spacial score (nSPS) is 18.4. The van der Waals surface area contributed by atoms with E-state index < -0.39 is 6.04 Å². The number of hydrogen-bond acceptors (Lipinski definition) is 3. The number of anilines is 1. The number of nitrogens with zero attached hydrogens (tertiary/aromatic N) is 2. The first-order valence-electron chi connectivity index (χ1n) is 9.31. The molecule has 2 aliphatic heterocycles. The average Bonchev–Trinajstić information content (AvgIpc) is 3.32. The Morgan fingerprint density at radius 2 is 2.11 bits per heavy atom. The second kappa shape index (κ2) is 7.68. The van der Waals surface area contributed by atoms with Gasteiger partial charge in [0.1, 0.15) is 11.8 Å². The van der Waals surface area contributed by atoms with Crippen LogP contribution in [0, 0.1) is 0 Å². The van der Waals surface area contributed by atoms with Gasteiger partial charge in [0.05, 0.1) is 17.3 Å². The molecular formula is C22H21ClN2O3. The Balaban J connectivity index is 1.44. The molecule has 2 aromatic carbocycles. The Hall–Kier alpha value is -2.79. The largest absolute Gasteiger partial charge is 0.493 e. The molecule has 1 saturated heterocycles. The molecule has 0 radical (unpaired) electrons. The van der Waals surface area contributed by atoms with Crippen LogP contribution in [-0.4, -0.2) is 43.0 Å². The summed E-state index contributed by atoms with van der Waals surface area (Å²) in [5, 5.41) is 0.533. The minimum Gasteiger partial charge on any atom is -0.493 e. The fourth-order valence-electron chi connectivity index (χ4n) is 3.68. The van der Waals surface area contributed by atoms with Crippen LogP contribution < -0.4 is 9.64 Å². The molecule has 2 amide bonds. The van der Waals surface area contributed by atoms with E-state index in [0.29, 0.717) is 30.3 Å². The van der Waals surface area contributed by atoms with Gasteiger partial charge in [-0.05, 0) is 47.9 Å². The molecule has 28 heavy (non-hydrogen) atoms. The van der Waals surface area contributed by atoms with Crippen molar-refractivity contribution in [1.82, 2.24) is 4.90 Å². The Morgan fingerprint density at radius 1 is 1.29 bits per heavy atom. The number of hydrogen-bond donors (Lipinski definition) is 0. The van der Waals surface area contributed by atoms with Gasteiger partial charge < -0.3 is 14.5 Å². The third-order valence-electron chi connectivity index (χ3n) is 5.27. The van der Waals surface area contributed by atoms with E-state index in [4.69, 9.17) is 16.3 Å². The van der Waals surface area contributed by atoms with E-state index in [1.807, 2.05) is 36.4 Å². The number of likely N-dealkylation sites (N-methyl/N-ethyl adjacent to an activating group) is 1.